The maximum absolute atomic E-state index is 13.1. The third-order valence-corrected chi connectivity index (χ3v) is 19.8. The van der Waals surface area contributed by atoms with E-state index in [4.69, 9.17) is 37.0 Å². The van der Waals surface area contributed by atoms with Crippen LogP contribution in [0.1, 0.15) is 376 Å². The van der Waals surface area contributed by atoms with Gasteiger partial charge < -0.3 is 33.8 Å². The minimum Gasteiger partial charge on any atom is -0.462 e. The van der Waals surface area contributed by atoms with Crippen LogP contribution in [0.25, 0.3) is 0 Å². The van der Waals surface area contributed by atoms with E-state index in [1.165, 1.54) is 167 Å². The Morgan fingerprint density at radius 3 is 0.918 bits per heavy atom. The quantitative estimate of drug-likeness (QED) is 0.0169. The van der Waals surface area contributed by atoms with E-state index >= 15 is 0 Å². The Morgan fingerprint density at radius 2 is 0.608 bits per heavy atom. The van der Waals surface area contributed by atoms with Gasteiger partial charge in [-0.25, -0.2) is 9.13 Å². The first-order chi connectivity index (χ1) is 46.8. The first-order valence-electron chi connectivity index (χ1n) is 39.7. The number of hydrogen-bond donors (Lipinski definition) is 3. The lowest BCUT2D eigenvalue weighted by atomic mass is 10.00. The van der Waals surface area contributed by atoms with Crippen molar-refractivity contribution < 1.29 is 80.2 Å². The zero-order valence-electron chi connectivity index (χ0n) is 63.0. The molecule has 0 saturated heterocycles. The minimum absolute atomic E-state index is 0.0846. The van der Waals surface area contributed by atoms with E-state index < -0.39 is 97.5 Å². The molecule has 0 aliphatic rings. The summed E-state index contributed by atoms with van der Waals surface area (Å²) < 4.78 is 68.5. The van der Waals surface area contributed by atoms with Crippen LogP contribution >= 0.6 is 15.6 Å². The summed E-state index contributed by atoms with van der Waals surface area (Å²) in [6.45, 7) is 11.8. The minimum atomic E-state index is -4.97. The molecule has 0 bridgehead atoms. The van der Waals surface area contributed by atoms with Crippen molar-refractivity contribution >= 4 is 39.5 Å². The van der Waals surface area contributed by atoms with Crippen LogP contribution in [0.2, 0.25) is 0 Å². The Labute approximate surface area is 592 Å². The van der Waals surface area contributed by atoms with Gasteiger partial charge in [0, 0.05) is 25.7 Å². The lowest BCUT2D eigenvalue weighted by Crippen LogP contribution is -2.30. The Bertz CT molecular complexity index is 1980. The van der Waals surface area contributed by atoms with Gasteiger partial charge in [0.2, 0.25) is 0 Å². The molecule has 0 spiro atoms. The second-order valence-electron chi connectivity index (χ2n) is 28.6. The third-order valence-electron chi connectivity index (χ3n) is 17.9. The van der Waals surface area contributed by atoms with Crippen LogP contribution in [-0.4, -0.2) is 96.7 Å². The van der Waals surface area contributed by atoms with Crippen molar-refractivity contribution in [2.45, 2.75) is 394 Å². The van der Waals surface area contributed by atoms with Gasteiger partial charge in [0.1, 0.15) is 19.3 Å². The SMILES string of the molecule is CCCCCC/C=C\C=C/CCCCCCCC(=O)O[C@H](COC(=O)CCCCCCCCCCCCCC(C)C)COP(=O)(O)OC[C@@H](O)COP(=O)(O)OC[C@@H](COC(=O)CCCCCCCCC(C)CC)OC(=O)CCCCCCCCCCCCCCCCCC(C)C. The van der Waals surface area contributed by atoms with Gasteiger partial charge in [-0.15, -0.1) is 0 Å². The van der Waals surface area contributed by atoms with Crippen molar-refractivity contribution in [1.82, 2.24) is 0 Å². The Balaban J connectivity index is 5.28. The summed E-state index contributed by atoms with van der Waals surface area (Å²) in [5.41, 5.74) is 0. The average molecular weight is 1420 g/mol. The van der Waals surface area contributed by atoms with Crippen molar-refractivity contribution in [3.8, 4) is 0 Å². The molecule has 19 heteroatoms. The second-order valence-corrected chi connectivity index (χ2v) is 31.5. The van der Waals surface area contributed by atoms with Gasteiger partial charge >= 0.3 is 39.5 Å². The number of esters is 4. The van der Waals surface area contributed by atoms with E-state index in [1.54, 1.807) is 0 Å². The van der Waals surface area contributed by atoms with Gasteiger partial charge in [0.15, 0.2) is 12.2 Å². The smallest absolute Gasteiger partial charge is 0.462 e. The summed E-state index contributed by atoms with van der Waals surface area (Å²) in [4.78, 5) is 72.9. The molecule has 3 unspecified atom stereocenters. The lowest BCUT2D eigenvalue weighted by Gasteiger charge is -2.21. The van der Waals surface area contributed by atoms with E-state index in [9.17, 15) is 43.2 Å². The van der Waals surface area contributed by atoms with Gasteiger partial charge in [-0.05, 0) is 69.1 Å². The maximum atomic E-state index is 13.1. The highest BCUT2D eigenvalue weighted by atomic mass is 31.2. The fraction of sp³-hybridized carbons (Fsp3) is 0.897. The number of carbonyl (C=O) groups excluding carboxylic acids is 4. The largest absolute Gasteiger partial charge is 0.472 e. The molecule has 572 valence electrons. The number of carbonyl (C=O) groups is 4. The number of hydrogen-bond acceptors (Lipinski definition) is 15. The van der Waals surface area contributed by atoms with Gasteiger partial charge in [-0.2, -0.15) is 0 Å². The summed E-state index contributed by atoms with van der Waals surface area (Å²) in [5.74, 6) is 0.152. The number of allylic oxidation sites excluding steroid dienone is 4. The van der Waals surface area contributed by atoms with Gasteiger partial charge in [-0.3, -0.25) is 37.3 Å². The summed E-state index contributed by atoms with van der Waals surface area (Å²) in [5, 5.41) is 10.6. The molecule has 0 saturated carbocycles. The Hall–Kier alpha value is -2.46. The number of rotatable bonds is 74. The van der Waals surface area contributed by atoms with Crippen LogP contribution in [0.4, 0.5) is 0 Å². The van der Waals surface area contributed by atoms with Gasteiger partial charge in [0.25, 0.3) is 0 Å². The normalized spacial score (nSPS) is 14.5. The van der Waals surface area contributed by atoms with Crippen LogP contribution in [0.15, 0.2) is 24.3 Å². The molecule has 0 heterocycles. The van der Waals surface area contributed by atoms with Gasteiger partial charge in [-0.1, -0.05) is 323 Å². The van der Waals surface area contributed by atoms with Crippen LogP contribution in [0, 0.1) is 17.8 Å². The monoisotopic (exact) mass is 1420 g/mol. The molecular formula is C78H148O17P2. The highest BCUT2D eigenvalue weighted by Crippen LogP contribution is 2.45. The zero-order valence-corrected chi connectivity index (χ0v) is 64.8. The van der Waals surface area contributed by atoms with E-state index in [0.717, 1.165) is 127 Å². The number of phosphoric ester groups is 2. The Morgan fingerprint density at radius 1 is 0.340 bits per heavy atom. The van der Waals surface area contributed by atoms with E-state index in [1.807, 2.05) is 0 Å². The Kier molecular flexibility index (Phi) is 66.3. The zero-order chi connectivity index (χ0) is 71.6. The molecule has 0 fully saturated rings. The van der Waals surface area contributed by atoms with Crippen molar-refractivity contribution in [3.05, 3.63) is 24.3 Å². The van der Waals surface area contributed by atoms with Crippen LogP contribution in [-0.2, 0) is 65.4 Å². The molecule has 0 aliphatic carbocycles. The van der Waals surface area contributed by atoms with Crippen molar-refractivity contribution in [2.75, 3.05) is 39.6 Å². The summed E-state index contributed by atoms with van der Waals surface area (Å²) in [6.07, 6.45) is 57.7. The number of aliphatic hydroxyl groups excluding tert-OH is 1. The van der Waals surface area contributed by atoms with E-state index in [2.05, 4.69) is 72.8 Å². The third kappa shape index (κ3) is 70.4. The van der Waals surface area contributed by atoms with Crippen LogP contribution in [0.3, 0.4) is 0 Å². The van der Waals surface area contributed by atoms with Crippen molar-refractivity contribution in [3.63, 3.8) is 0 Å². The van der Waals surface area contributed by atoms with Crippen molar-refractivity contribution in [2.24, 2.45) is 17.8 Å². The van der Waals surface area contributed by atoms with E-state index in [0.29, 0.717) is 25.7 Å². The topological polar surface area (TPSA) is 237 Å². The molecule has 6 atom stereocenters. The first-order valence-corrected chi connectivity index (χ1v) is 42.7. The van der Waals surface area contributed by atoms with E-state index in [-0.39, 0.29) is 25.7 Å². The fourth-order valence-corrected chi connectivity index (χ4v) is 13.0. The number of unbranched alkanes of at least 4 members (excludes halogenated alkanes) is 38. The first kappa shape index (κ1) is 94.5. The van der Waals surface area contributed by atoms with Crippen LogP contribution in [0.5, 0.6) is 0 Å². The highest BCUT2D eigenvalue weighted by molar-refractivity contribution is 7.47. The predicted molar refractivity (Wildman–Crippen MR) is 395 cm³/mol. The molecule has 0 aromatic carbocycles. The summed E-state index contributed by atoms with van der Waals surface area (Å²) in [7, 11) is -9.93. The fourth-order valence-electron chi connectivity index (χ4n) is 11.4. The predicted octanol–water partition coefficient (Wildman–Crippen LogP) is 22.5. The summed E-state index contributed by atoms with van der Waals surface area (Å²) in [6, 6.07) is 0. The molecule has 0 radical (unpaired) electrons. The molecule has 0 aromatic rings. The molecule has 0 rings (SSSR count). The summed E-state index contributed by atoms with van der Waals surface area (Å²) >= 11 is 0. The lowest BCUT2D eigenvalue weighted by molar-refractivity contribution is -0.161. The molecule has 0 aromatic heterocycles. The molecular weight excluding hydrogens is 1270 g/mol. The average Bonchev–Trinajstić information content (AvgIpc) is 1.05. The molecule has 0 aliphatic heterocycles. The number of aliphatic hydroxyl groups is 1. The van der Waals surface area contributed by atoms with Crippen molar-refractivity contribution in [1.29, 1.82) is 0 Å². The molecule has 97 heavy (non-hydrogen) atoms. The molecule has 0 amide bonds. The maximum Gasteiger partial charge on any atom is 0.472 e. The van der Waals surface area contributed by atoms with Gasteiger partial charge in [0.05, 0.1) is 26.4 Å². The molecule has 17 nitrogen and oxygen atoms in total. The number of phosphoric acid groups is 2. The standard InChI is InChI=1S/C78H148O17P2/c1-8-10-11-12-13-14-15-16-18-22-27-33-38-47-54-61-77(82)94-73(65-88-75(80)59-52-45-37-32-29-24-26-31-36-43-50-57-70(5)6)67-92-96(84,85)90-63-72(79)64-91-97(86,87)93-68-74(66-89-76(81)60-53-46-41-40-44-51-58-71(7)9-2)95-78(83)62-55-48-39-34-28-23-20-17-19-21-25-30-35-42-49-56-69(3)4/h14-16,18,69-74,79H,8-13,17,19-68H2,1-7H3,(H,84,85)(H,86,87)/b15-14-,18-16-/t71?,72-,73-,74-/m1/s1. The second kappa shape index (κ2) is 68.0. The number of ether oxygens (including phenoxy) is 4. The van der Waals surface area contributed by atoms with Crippen LogP contribution < -0.4 is 0 Å². The highest BCUT2D eigenvalue weighted by Gasteiger charge is 2.30. The molecule has 3 N–H and O–H groups in total.